The molecule has 2 aliphatic rings. The zero-order valence-electron chi connectivity index (χ0n) is 42.5. The van der Waals surface area contributed by atoms with Crippen LogP contribution in [-0.4, -0.2) is 213 Å². The Labute approximate surface area is 444 Å². The van der Waals surface area contributed by atoms with E-state index in [9.17, 15) is 52.7 Å². The number of carbonyl (C=O) groups excluding carboxylic acids is 7. The van der Waals surface area contributed by atoms with Gasteiger partial charge in [0.1, 0.15) is 35.0 Å². The molecule has 2 unspecified atom stereocenters. The third-order valence-corrected chi connectivity index (χ3v) is 11.6. The number of rotatable bonds is 22. The highest BCUT2D eigenvalue weighted by Crippen LogP contribution is 2.27. The molecule has 4 aromatic rings. The molecule has 6 amide bonds. The fourth-order valence-corrected chi connectivity index (χ4v) is 7.85. The number of carboxylic acids is 4. The van der Waals surface area contributed by atoms with Crippen molar-refractivity contribution in [3.05, 3.63) is 72.1 Å². The summed E-state index contributed by atoms with van der Waals surface area (Å²) in [5, 5.41) is 41.9. The molecule has 2 fully saturated rings. The van der Waals surface area contributed by atoms with E-state index >= 15 is 0 Å². The Morgan fingerprint density at radius 1 is 0.500 bits per heavy atom. The summed E-state index contributed by atoms with van der Waals surface area (Å²) in [6.45, 7) is 3.21. The van der Waals surface area contributed by atoms with Crippen molar-refractivity contribution in [2.45, 2.75) is 51.6 Å². The second-order valence-corrected chi connectivity index (χ2v) is 17.0. The first-order valence-electron chi connectivity index (χ1n) is 24.4. The molecule has 2 saturated heterocycles. The first-order chi connectivity index (χ1) is 37.3. The average Bonchev–Trinajstić information content (AvgIpc) is 3.49. The van der Waals surface area contributed by atoms with Crippen LogP contribution in [0.4, 0.5) is 9.59 Å². The number of para-hydroxylation sites is 2. The van der Waals surface area contributed by atoms with Crippen molar-refractivity contribution in [1.82, 2.24) is 40.2 Å². The zero-order valence-corrected chi connectivity index (χ0v) is 42.5. The number of aliphatic carboxylic acids is 4. The minimum absolute atomic E-state index is 0.0957. The van der Waals surface area contributed by atoms with Crippen molar-refractivity contribution in [1.29, 1.82) is 0 Å². The highest BCUT2D eigenvalue weighted by atomic mass is 16.6. The lowest BCUT2D eigenvalue weighted by Gasteiger charge is -2.36. The van der Waals surface area contributed by atoms with E-state index in [1.54, 1.807) is 62.4 Å². The minimum Gasteiger partial charge on any atom is -0.481 e. The molecular weight excluding hydrogens is 1030 g/mol. The number of carbonyl (C=O) groups is 11. The Morgan fingerprint density at radius 2 is 0.872 bits per heavy atom. The molecule has 0 bridgehead atoms. The number of esters is 1. The molecule has 28 heteroatoms. The number of benzene rings is 2. The number of hydrogen-bond acceptors (Lipinski definition) is 18. The predicted octanol–water partition coefficient (Wildman–Crippen LogP) is 1.47. The van der Waals surface area contributed by atoms with Gasteiger partial charge in [-0.1, -0.05) is 24.3 Å². The normalized spacial score (nSPS) is 13.9. The molecule has 2 aromatic heterocycles. The molecule has 6 rings (SSSR count). The second kappa shape index (κ2) is 29.1. The molecule has 2 atom stereocenters. The fourth-order valence-electron chi connectivity index (χ4n) is 7.85. The summed E-state index contributed by atoms with van der Waals surface area (Å²) in [7, 11) is 0. The van der Waals surface area contributed by atoms with E-state index in [0.717, 1.165) is 0 Å². The van der Waals surface area contributed by atoms with Gasteiger partial charge in [0.2, 0.25) is 11.8 Å². The van der Waals surface area contributed by atoms with Gasteiger partial charge in [0.25, 0.3) is 11.8 Å². The maximum Gasteiger partial charge on any atom is 0.409 e. The highest BCUT2D eigenvalue weighted by molar-refractivity contribution is 6.01. The number of nitrogens with zero attached hydrogens (tertiary/aromatic N) is 6. The number of carboxylic acid groups (broad SMARTS) is 4. The average molecular weight is 1090 g/mol. The topological polar surface area (TPSA) is 378 Å². The van der Waals surface area contributed by atoms with Crippen molar-refractivity contribution in [2.24, 2.45) is 0 Å². The lowest BCUT2D eigenvalue weighted by Crippen LogP contribution is -2.56. The number of amides is 6. The van der Waals surface area contributed by atoms with Crippen LogP contribution in [0.5, 0.6) is 11.5 Å². The molecule has 28 nitrogen and oxygen atoms in total. The van der Waals surface area contributed by atoms with Gasteiger partial charge >= 0.3 is 42.0 Å². The largest absolute Gasteiger partial charge is 0.481 e. The van der Waals surface area contributed by atoms with Gasteiger partial charge in [0.15, 0.2) is 19.8 Å². The molecule has 6 N–H and O–H groups in total. The molecule has 0 aliphatic carbocycles. The maximum absolute atomic E-state index is 13.4. The Kier molecular flexibility index (Phi) is 22.2. The van der Waals surface area contributed by atoms with Crippen LogP contribution in [0.1, 0.15) is 60.5 Å². The summed E-state index contributed by atoms with van der Waals surface area (Å²) in [6, 6.07) is 13.4. The summed E-state index contributed by atoms with van der Waals surface area (Å²) >= 11 is 0. The van der Waals surface area contributed by atoms with E-state index in [-0.39, 0.29) is 114 Å². The van der Waals surface area contributed by atoms with Crippen LogP contribution in [0.3, 0.4) is 0 Å². The van der Waals surface area contributed by atoms with E-state index in [4.69, 9.17) is 39.4 Å². The highest BCUT2D eigenvalue weighted by Gasteiger charge is 2.33. The van der Waals surface area contributed by atoms with Crippen molar-refractivity contribution in [3.63, 3.8) is 0 Å². The maximum atomic E-state index is 13.4. The second-order valence-electron chi connectivity index (χ2n) is 17.0. The van der Waals surface area contributed by atoms with Gasteiger partial charge in [-0.05, 0) is 51.0 Å². The molecule has 0 saturated carbocycles. The van der Waals surface area contributed by atoms with E-state index < -0.39 is 97.6 Å². The number of nitrogens with one attached hydrogen (secondary N) is 2. The summed E-state index contributed by atoms with van der Waals surface area (Å²) in [4.78, 5) is 147. The van der Waals surface area contributed by atoms with Gasteiger partial charge in [0.05, 0.1) is 24.2 Å². The van der Waals surface area contributed by atoms with Crippen LogP contribution in [0.15, 0.2) is 60.7 Å². The SMILES string of the molecule is CCOC(=O)N1CCN(C(=O)C(CCC(=O)O)NC(=O)c2cc(OCC(=O)O)c3ccccc3n2)CC1.CCOC(=O)N1CCN(C(=O)C(CCC(=O)OCC(=O)O)NC(=O)c2cc(OCC(=O)O)c3ccccc3n2)CC1. The van der Waals surface area contributed by atoms with Gasteiger partial charge < -0.3 is 74.3 Å². The standard InChI is InChI=1S/C26H30N4O11.C24H28N4O9/c1-2-39-26(38)30-11-9-29(10-12-30)25(37)18(7-8-23(35)41-15-22(33)34)28-24(36)19-13-20(40-14-21(31)32)16-5-3-4-6-17(16)27-19;1-2-36-24(35)28-11-9-27(10-12-28)23(34)17(7-8-20(29)30)26-22(33)18-13-19(37-14-21(31)32)15-5-3-4-6-16(15)25-18/h3-6,13,18H,2,7-12,14-15H2,1H3,(H,28,36)(H,31,32)(H,33,34);3-6,13,17H,2,7-12,14H2,1H3,(H,26,33)(H,29,30)(H,31,32). The van der Waals surface area contributed by atoms with Crippen LogP contribution in [0.2, 0.25) is 0 Å². The van der Waals surface area contributed by atoms with Crippen LogP contribution in [0, 0.1) is 0 Å². The molecule has 2 aliphatic heterocycles. The number of ether oxygens (including phenoxy) is 5. The Morgan fingerprint density at radius 3 is 1.24 bits per heavy atom. The molecule has 78 heavy (non-hydrogen) atoms. The molecule has 0 spiro atoms. The van der Waals surface area contributed by atoms with Crippen molar-refractivity contribution < 1.29 is 96.9 Å². The summed E-state index contributed by atoms with van der Waals surface area (Å²) in [5.41, 5.74) is 0.427. The van der Waals surface area contributed by atoms with Crippen LogP contribution in [0.25, 0.3) is 21.8 Å². The number of fused-ring (bicyclic) bond motifs is 2. The van der Waals surface area contributed by atoms with Gasteiger partial charge in [-0.25, -0.2) is 33.9 Å². The molecule has 4 heterocycles. The van der Waals surface area contributed by atoms with E-state index in [1.165, 1.54) is 31.7 Å². The van der Waals surface area contributed by atoms with Crippen LogP contribution in [-0.2, 0) is 47.8 Å². The lowest BCUT2D eigenvalue weighted by atomic mass is 10.1. The van der Waals surface area contributed by atoms with Crippen LogP contribution >= 0.6 is 0 Å². The molecular formula is C50H58N8O20. The quantitative estimate of drug-likeness (QED) is 0.0479. The third kappa shape index (κ3) is 17.6. The number of piperazine rings is 2. The van der Waals surface area contributed by atoms with E-state index in [0.29, 0.717) is 21.8 Å². The summed E-state index contributed by atoms with van der Waals surface area (Å²) < 4.78 is 25.3. The Hall–Kier alpha value is -9.37. The van der Waals surface area contributed by atoms with Crippen molar-refractivity contribution in [2.75, 3.05) is 85.4 Å². The monoisotopic (exact) mass is 1090 g/mol. The van der Waals surface area contributed by atoms with Gasteiger partial charge in [-0.3, -0.25) is 28.8 Å². The van der Waals surface area contributed by atoms with Crippen LogP contribution < -0.4 is 20.1 Å². The Balaban J connectivity index is 0.000000289. The lowest BCUT2D eigenvalue weighted by molar-refractivity contribution is -0.155. The minimum atomic E-state index is -1.35. The zero-order chi connectivity index (χ0) is 56.9. The Bertz CT molecular complexity index is 2870. The molecule has 0 radical (unpaired) electrons. The number of aromatic nitrogens is 2. The molecule has 418 valence electrons. The van der Waals surface area contributed by atoms with Gasteiger partial charge in [-0.2, -0.15) is 0 Å². The summed E-state index contributed by atoms with van der Waals surface area (Å²) in [6.07, 6.45) is -2.09. The predicted molar refractivity (Wildman–Crippen MR) is 267 cm³/mol. The first-order valence-corrected chi connectivity index (χ1v) is 24.4. The fraction of sp³-hybridized carbons (Fsp3) is 0.420. The van der Waals surface area contributed by atoms with Gasteiger partial charge in [0, 0.05) is 88.1 Å². The van der Waals surface area contributed by atoms with Gasteiger partial charge in [-0.15, -0.1) is 0 Å². The van der Waals surface area contributed by atoms with Crippen molar-refractivity contribution in [3.8, 4) is 11.5 Å². The summed E-state index contributed by atoms with van der Waals surface area (Å²) in [5.74, 6) is -8.11. The van der Waals surface area contributed by atoms with E-state index in [1.807, 2.05) is 0 Å². The van der Waals surface area contributed by atoms with Crippen molar-refractivity contribution >= 4 is 87.5 Å². The number of pyridine rings is 2. The molecule has 2 aromatic carbocycles. The van der Waals surface area contributed by atoms with E-state index in [2.05, 4.69) is 25.3 Å². The smallest absolute Gasteiger partial charge is 0.409 e. The number of hydrogen-bond donors (Lipinski definition) is 6. The first kappa shape index (κ1) is 59.5. The third-order valence-electron chi connectivity index (χ3n) is 11.6.